The third-order valence-electron chi connectivity index (χ3n) is 2.41. The van der Waals surface area contributed by atoms with Crippen LogP contribution in [0.4, 0.5) is 0 Å². The molecular weight excluding hydrogens is 270 g/mol. The minimum Gasteiger partial charge on any atom is -0.379 e. The summed E-state index contributed by atoms with van der Waals surface area (Å²) in [6.07, 6.45) is 0. The number of halogens is 1. The molecular formula is C9H12ClNO3S2. The number of sulfonamides is 1. The van der Waals surface area contributed by atoms with Crippen molar-refractivity contribution < 1.29 is 13.2 Å². The molecule has 4 nitrogen and oxygen atoms in total. The van der Waals surface area contributed by atoms with E-state index in [0.717, 1.165) is 0 Å². The fourth-order valence-electron chi connectivity index (χ4n) is 1.58. The molecule has 0 saturated carbocycles. The molecule has 0 N–H and O–H groups in total. The standard InChI is InChI=1S/C9H12ClNO3S2/c10-7-8-9(1-6-15-8)16(12,13)11-2-4-14-5-3-11/h1,6H,2-5,7H2. The van der Waals surface area contributed by atoms with Gasteiger partial charge >= 0.3 is 0 Å². The van der Waals surface area contributed by atoms with E-state index < -0.39 is 10.0 Å². The van der Waals surface area contributed by atoms with Gasteiger partial charge in [-0.1, -0.05) is 0 Å². The molecule has 1 aliphatic heterocycles. The Balaban J connectivity index is 2.30. The Bertz CT molecular complexity index is 451. The Morgan fingerprint density at radius 1 is 1.44 bits per heavy atom. The second-order valence-electron chi connectivity index (χ2n) is 3.36. The third-order valence-corrected chi connectivity index (χ3v) is 5.87. The first-order valence-corrected chi connectivity index (χ1v) is 7.72. The van der Waals surface area contributed by atoms with Crippen LogP contribution in [0.3, 0.4) is 0 Å². The summed E-state index contributed by atoms with van der Waals surface area (Å²) in [5.41, 5.74) is 0. The number of ether oxygens (including phenoxy) is 1. The van der Waals surface area contributed by atoms with Gasteiger partial charge in [0.05, 0.1) is 24.0 Å². The van der Waals surface area contributed by atoms with Crippen LogP contribution in [0.2, 0.25) is 0 Å². The molecule has 1 fully saturated rings. The Morgan fingerprint density at radius 2 is 2.12 bits per heavy atom. The maximum Gasteiger partial charge on any atom is 0.244 e. The molecule has 0 spiro atoms. The predicted molar refractivity (Wildman–Crippen MR) is 63.5 cm³/mol. The maximum absolute atomic E-state index is 12.2. The van der Waals surface area contributed by atoms with Gasteiger partial charge in [-0.25, -0.2) is 8.42 Å². The van der Waals surface area contributed by atoms with Crippen molar-refractivity contribution in [2.24, 2.45) is 0 Å². The van der Waals surface area contributed by atoms with E-state index in [1.165, 1.54) is 15.6 Å². The lowest BCUT2D eigenvalue weighted by molar-refractivity contribution is 0.0730. The number of hydrogen-bond donors (Lipinski definition) is 0. The van der Waals surface area contributed by atoms with Crippen molar-refractivity contribution in [3.05, 3.63) is 16.3 Å². The monoisotopic (exact) mass is 281 g/mol. The minimum atomic E-state index is -3.38. The van der Waals surface area contributed by atoms with Gasteiger partial charge in [-0.05, 0) is 11.4 Å². The van der Waals surface area contributed by atoms with E-state index in [-0.39, 0.29) is 5.88 Å². The highest BCUT2D eigenvalue weighted by molar-refractivity contribution is 7.89. The molecule has 0 aliphatic carbocycles. The number of thiophene rings is 1. The lowest BCUT2D eigenvalue weighted by Gasteiger charge is -2.25. The van der Waals surface area contributed by atoms with Crippen molar-refractivity contribution in [1.82, 2.24) is 4.31 Å². The van der Waals surface area contributed by atoms with E-state index in [4.69, 9.17) is 16.3 Å². The summed E-state index contributed by atoms with van der Waals surface area (Å²) in [5.74, 6) is 0.233. The van der Waals surface area contributed by atoms with Gasteiger partial charge in [0, 0.05) is 18.0 Å². The van der Waals surface area contributed by atoms with Gasteiger partial charge in [-0.3, -0.25) is 0 Å². The molecule has 1 aliphatic rings. The van der Waals surface area contributed by atoms with Crippen LogP contribution in [0.1, 0.15) is 4.88 Å². The van der Waals surface area contributed by atoms with Crippen LogP contribution >= 0.6 is 22.9 Å². The van der Waals surface area contributed by atoms with Gasteiger partial charge in [0.1, 0.15) is 0 Å². The molecule has 1 aromatic heterocycles. The molecule has 0 radical (unpaired) electrons. The number of rotatable bonds is 3. The van der Waals surface area contributed by atoms with Crippen LogP contribution in [0.15, 0.2) is 16.3 Å². The number of alkyl halides is 1. The lowest BCUT2D eigenvalue weighted by atomic mass is 10.5. The average molecular weight is 282 g/mol. The number of nitrogens with zero attached hydrogens (tertiary/aromatic N) is 1. The molecule has 0 aromatic carbocycles. The zero-order valence-electron chi connectivity index (χ0n) is 8.56. The Morgan fingerprint density at radius 3 is 2.75 bits per heavy atom. The van der Waals surface area contributed by atoms with Gasteiger partial charge in [-0.2, -0.15) is 4.31 Å². The molecule has 2 heterocycles. The number of morpholine rings is 1. The normalized spacial score (nSPS) is 18.8. The first-order valence-electron chi connectivity index (χ1n) is 4.86. The summed E-state index contributed by atoms with van der Waals surface area (Å²) < 4.78 is 31.1. The fraction of sp³-hybridized carbons (Fsp3) is 0.556. The molecule has 1 aromatic rings. The van der Waals surface area contributed by atoms with Crippen LogP contribution in [0.5, 0.6) is 0 Å². The van der Waals surface area contributed by atoms with Gasteiger partial charge in [0.2, 0.25) is 10.0 Å². The van der Waals surface area contributed by atoms with E-state index in [1.54, 1.807) is 11.4 Å². The number of hydrogen-bond acceptors (Lipinski definition) is 4. The van der Waals surface area contributed by atoms with Gasteiger partial charge < -0.3 is 4.74 Å². The van der Waals surface area contributed by atoms with Crippen LogP contribution in [-0.2, 0) is 20.6 Å². The second-order valence-corrected chi connectivity index (χ2v) is 6.53. The highest BCUT2D eigenvalue weighted by Gasteiger charge is 2.28. The Kier molecular flexibility index (Phi) is 3.86. The smallest absolute Gasteiger partial charge is 0.244 e. The van der Waals surface area contributed by atoms with Crippen molar-refractivity contribution in [3.63, 3.8) is 0 Å². The fourth-order valence-corrected chi connectivity index (χ4v) is 4.66. The Labute approximate surface area is 104 Å². The predicted octanol–water partition coefficient (Wildman–Crippen LogP) is 1.51. The molecule has 90 valence electrons. The quantitative estimate of drug-likeness (QED) is 0.789. The van der Waals surface area contributed by atoms with Gasteiger partial charge in [-0.15, -0.1) is 22.9 Å². The zero-order valence-corrected chi connectivity index (χ0v) is 10.9. The van der Waals surface area contributed by atoms with Gasteiger partial charge in [0.25, 0.3) is 0 Å². The second kappa shape index (κ2) is 5.01. The van der Waals surface area contributed by atoms with E-state index in [2.05, 4.69) is 0 Å². The van der Waals surface area contributed by atoms with E-state index in [1.807, 2.05) is 0 Å². The first-order chi connectivity index (χ1) is 7.66. The third kappa shape index (κ3) is 2.26. The van der Waals surface area contributed by atoms with E-state index in [0.29, 0.717) is 36.1 Å². The van der Waals surface area contributed by atoms with E-state index >= 15 is 0 Å². The van der Waals surface area contributed by atoms with Crippen LogP contribution in [0, 0.1) is 0 Å². The van der Waals surface area contributed by atoms with Crippen molar-refractivity contribution in [1.29, 1.82) is 0 Å². The molecule has 0 bridgehead atoms. The average Bonchev–Trinajstić information content (AvgIpc) is 2.79. The van der Waals surface area contributed by atoms with Crippen molar-refractivity contribution in [2.75, 3.05) is 26.3 Å². The molecule has 0 amide bonds. The van der Waals surface area contributed by atoms with Crippen molar-refractivity contribution >= 4 is 33.0 Å². The minimum absolute atomic E-state index is 0.233. The molecule has 16 heavy (non-hydrogen) atoms. The molecule has 7 heteroatoms. The zero-order chi connectivity index (χ0) is 11.6. The summed E-state index contributed by atoms with van der Waals surface area (Å²) in [6.45, 7) is 1.75. The van der Waals surface area contributed by atoms with Crippen LogP contribution in [0.25, 0.3) is 0 Å². The topological polar surface area (TPSA) is 46.6 Å². The highest BCUT2D eigenvalue weighted by Crippen LogP contribution is 2.26. The first kappa shape index (κ1) is 12.3. The maximum atomic E-state index is 12.2. The van der Waals surface area contributed by atoms with Crippen molar-refractivity contribution in [3.8, 4) is 0 Å². The molecule has 2 rings (SSSR count). The Hall–Kier alpha value is -0.140. The summed E-state index contributed by atoms with van der Waals surface area (Å²) >= 11 is 7.09. The molecule has 0 unspecified atom stereocenters. The summed E-state index contributed by atoms with van der Waals surface area (Å²) in [6, 6.07) is 1.62. The van der Waals surface area contributed by atoms with Crippen molar-refractivity contribution in [2.45, 2.75) is 10.8 Å². The summed E-state index contributed by atoms with van der Waals surface area (Å²) in [4.78, 5) is 1.04. The molecule has 1 saturated heterocycles. The van der Waals surface area contributed by atoms with E-state index in [9.17, 15) is 8.42 Å². The largest absolute Gasteiger partial charge is 0.379 e. The van der Waals surface area contributed by atoms with Gasteiger partial charge in [0.15, 0.2) is 0 Å². The summed E-state index contributed by atoms with van der Waals surface area (Å²) in [5, 5.41) is 1.76. The molecule has 0 atom stereocenters. The van der Waals surface area contributed by atoms with Crippen LogP contribution in [-0.4, -0.2) is 39.0 Å². The SMILES string of the molecule is O=S(=O)(c1ccsc1CCl)N1CCOCC1. The highest BCUT2D eigenvalue weighted by atomic mass is 35.5. The lowest BCUT2D eigenvalue weighted by Crippen LogP contribution is -2.40. The summed E-state index contributed by atoms with van der Waals surface area (Å²) in [7, 11) is -3.38. The van der Waals surface area contributed by atoms with Crippen LogP contribution < -0.4 is 0 Å².